The molecule has 0 saturated heterocycles. The van der Waals surface area contributed by atoms with E-state index in [2.05, 4.69) is 15.5 Å². The SMILES string of the molecule is COc1cccc(Cn2nccc2NC(=O)c2cc(-c3ccco3)nc3c2cnn3C(C)C)c1OC. The van der Waals surface area contributed by atoms with E-state index in [4.69, 9.17) is 18.9 Å². The summed E-state index contributed by atoms with van der Waals surface area (Å²) >= 11 is 0. The highest BCUT2D eigenvalue weighted by molar-refractivity contribution is 6.12. The number of rotatable bonds is 8. The largest absolute Gasteiger partial charge is 0.493 e. The second kappa shape index (κ2) is 9.57. The molecule has 0 aliphatic carbocycles. The molecule has 4 aromatic heterocycles. The molecule has 1 aromatic carbocycles. The van der Waals surface area contributed by atoms with Crippen LogP contribution in [0.2, 0.25) is 0 Å². The Morgan fingerprint density at radius 2 is 1.97 bits per heavy atom. The van der Waals surface area contributed by atoms with Crippen LogP contribution in [-0.4, -0.2) is 44.7 Å². The lowest BCUT2D eigenvalue weighted by molar-refractivity contribution is 0.102. The quantitative estimate of drug-likeness (QED) is 0.336. The van der Waals surface area contributed by atoms with Crippen molar-refractivity contribution >= 4 is 22.8 Å². The first-order valence-electron chi connectivity index (χ1n) is 11.4. The number of methoxy groups -OCH3 is 2. The van der Waals surface area contributed by atoms with Gasteiger partial charge in [0.2, 0.25) is 0 Å². The van der Waals surface area contributed by atoms with Crippen LogP contribution in [0.15, 0.2) is 65.5 Å². The molecule has 0 aliphatic rings. The molecule has 4 heterocycles. The van der Waals surface area contributed by atoms with Gasteiger partial charge in [-0.3, -0.25) is 4.79 Å². The maximum atomic E-state index is 13.6. The minimum atomic E-state index is -0.308. The van der Waals surface area contributed by atoms with Crippen LogP contribution in [0, 0.1) is 0 Å². The lowest BCUT2D eigenvalue weighted by atomic mass is 10.1. The summed E-state index contributed by atoms with van der Waals surface area (Å²) in [7, 11) is 3.19. The summed E-state index contributed by atoms with van der Waals surface area (Å²) in [6, 6.07) is 12.8. The summed E-state index contributed by atoms with van der Waals surface area (Å²) in [4.78, 5) is 18.3. The van der Waals surface area contributed by atoms with E-state index in [1.54, 1.807) is 60.4 Å². The van der Waals surface area contributed by atoms with Gasteiger partial charge in [0.25, 0.3) is 5.91 Å². The number of ether oxygens (including phenoxy) is 2. The average molecular weight is 487 g/mol. The Morgan fingerprint density at radius 1 is 1.11 bits per heavy atom. The standard InChI is InChI=1S/C26H26N6O4/c1-16(2)32-25-19(14-28-32)18(13-20(29-25)21-9-6-12-36-21)26(33)30-23-10-11-27-31(23)15-17-7-5-8-22(34-3)24(17)35-4/h5-14,16H,15H2,1-4H3,(H,30,33). The van der Waals surface area contributed by atoms with Crippen LogP contribution in [0.5, 0.6) is 11.5 Å². The minimum Gasteiger partial charge on any atom is -0.493 e. The van der Waals surface area contributed by atoms with Crippen molar-refractivity contribution in [3.05, 3.63) is 72.2 Å². The van der Waals surface area contributed by atoms with Gasteiger partial charge in [0, 0.05) is 17.7 Å². The van der Waals surface area contributed by atoms with Crippen molar-refractivity contribution in [3.63, 3.8) is 0 Å². The van der Waals surface area contributed by atoms with Crippen molar-refractivity contribution < 1.29 is 18.7 Å². The highest BCUT2D eigenvalue weighted by atomic mass is 16.5. The molecule has 0 unspecified atom stereocenters. The molecule has 0 radical (unpaired) electrons. The number of carbonyl (C=O) groups excluding carboxylic acids is 1. The Kier molecular flexibility index (Phi) is 6.16. The van der Waals surface area contributed by atoms with Crippen molar-refractivity contribution in [2.24, 2.45) is 0 Å². The summed E-state index contributed by atoms with van der Waals surface area (Å²) in [5.74, 6) is 2.04. The van der Waals surface area contributed by atoms with Crippen LogP contribution in [0.1, 0.15) is 35.8 Å². The van der Waals surface area contributed by atoms with Crippen LogP contribution in [0.3, 0.4) is 0 Å². The Bertz CT molecular complexity index is 1520. The van der Waals surface area contributed by atoms with Gasteiger partial charge in [-0.25, -0.2) is 14.3 Å². The van der Waals surface area contributed by atoms with Gasteiger partial charge in [0.1, 0.15) is 11.5 Å². The van der Waals surface area contributed by atoms with Gasteiger partial charge in [-0.05, 0) is 38.1 Å². The summed E-state index contributed by atoms with van der Waals surface area (Å²) < 4.78 is 20.0. The average Bonchev–Trinajstić information content (AvgIpc) is 3.64. The number of para-hydroxylation sites is 1. The Balaban J connectivity index is 1.50. The number of anilines is 1. The molecule has 0 saturated carbocycles. The molecule has 0 bridgehead atoms. The summed E-state index contributed by atoms with van der Waals surface area (Å²) in [6.07, 6.45) is 4.88. The topological polar surface area (TPSA) is 109 Å². The maximum absolute atomic E-state index is 13.6. The van der Waals surface area contributed by atoms with Crippen LogP contribution in [-0.2, 0) is 6.54 Å². The van der Waals surface area contributed by atoms with E-state index < -0.39 is 0 Å². The predicted octanol–water partition coefficient (Wildman–Crippen LogP) is 4.79. The smallest absolute Gasteiger partial charge is 0.257 e. The highest BCUT2D eigenvalue weighted by Crippen LogP contribution is 2.32. The molecule has 0 aliphatic heterocycles. The molecule has 184 valence electrons. The predicted molar refractivity (Wildman–Crippen MR) is 134 cm³/mol. The zero-order chi connectivity index (χ0) is 25.2. The molecule has 5 rings (SSSR count). The van der Waals surface area contributed by atoms with Gasteiger partial charge in [-0.2, -0.15) is 10.2 Å². The number of furan rings is 1. The van der Waals surface area contributed by atoms with Gasteiger partial charge in [-0.15, -0.1) is 0 Å². The van der Waals surface area contributed by atoms with Crippen molar-refractivity contribution in [2.75, 3.05) is 19.5 Å². The number of nitrogens with zero attached hydrogens (tertiary/aromatic N) is 5. The van der Waals surface area contributed by atoms with Crippen LogP contribution >= 0.6 is 0 Å². The molecule has 0 spiro atoms. The van der Waals surface area contributed by atoms with Crippen LogP contribution in [0.4, 0.5) is 5.82 Å². The number of aromatic nitrogens is 5. The van der Waals surface area contributed by atoms with E-state index in [-0.39, 0.29) is 11.9 Å². The Labute approximate surface area is 207 Å². The number of amides is 1. The van der Waals surface area contributed by atoms with Crippen LogP contribution in [0.25, 0.3) is 22.5 Å². The molecule has 0 fully saturated rings. The Morgan fingerprint density at radius 3 is 2.69 bits per heavy atom. The van der Waals surface area contributed by atoms with Crippen molar-refractivity contribution in [1.29, 1.82) is 0 Å². The number of hydrogen-bond donors (Lipinski definition) is 1. The zero-order valence-corrected chi connectivity index (χ0v) is 20.4. The number of pyridine rings is 1. The van der Waals surface area contributed by atoms with E-state index in [1.807, 2.05) is 38.1 Å². The lowest BCUT2D eigenvalue weighted by Crippen LogP contribution is -2.17. The normalized spacial score (nSPS) is 11.2. The number of fused-ring (bicyclic) bond motifs is 1. The van der Waals surface area contributed by atoms with Crippen molar-refractivity contribution in [2.45, 2.75) is 26.4 Å². The van der Waals surface area contributed by atoms with Gasteiger partial charge in [0.05, 0.1) is 50.4 Å². The molecule has 10 heteroatoms. The summed E-state index contributed by atoms with van der Waals surface area (Å²) in [6.45, 7) is 4.40. The fourth-order valence-electron chi connectivity index (χ4n) is 4.12. The molecule has 36 heavy (non-hydrogen) atoms. The summed E-state index contributed by atoms with van der Waals surface area (Å²) in [5.41, 5.74) is 2.46. The first-order valence-corrected chi connectivity index (χ1v) is 11.4. The van der Waals surface area contributed by atoms with Crippen LogP contribution < -0.4 is 14.8 Å². The number of carbonyl (C=O) groups is 1. The van der Waals surface area contributed by atoms with E-state index in [0.717, 1.165) is 5.56 Å². The van der Waals surface area contributed by atoms with Gasteiger partial charge < -0.3 is 19.2 Å². The third-order valence-electron chi connectivity index (χ3n) is 5.84. The van der Waals surface area contributed by atoms with E-state index in [1.165, 1.54) is 0 Å². The van der Waals surface area contributed by atoms with Gasteiger partial charge in [-0.1, -0.05) is 12.1 Å². The van der Waals surface area contributed by atoms with E-state index in [0.29, 0.717) is 51.9 Å². The van der Waals surface area contributed by atoms with Gasteiger partial charge in [0.15, 0.2) is 22.9 Å². The molecule has 1 N–H and O–H groups in total. The highest BCUT2D eigenvalue weighted by Gasteiger charge is 2.21. The number of benzene rings is 1. The molecule has 1 amide bonds. The third kappa shape index (κ3) is 4.17. The Hall–Kier alpha value is -4.60. The first-order chi connectivity index (χ1) is 17.5. The number of hydrogen-bond acceptors (Lipinski definition) is 7. The fourth-order valence-corrected chi connectivity index (χ4v) is 4.12. The molecular weight excluding hydrogens is 460 g/mol. The zero-order valence-electron chi connectivity index (χ0n) is 20.4. The van der Waals surface area contributed by atoms with Gasteiger partial charge >= 0.3 is 0 Å². The monoisotopic (exact) mass is 486 g/mol. The maximum Gasteiger partial charge on any atom is 0.257 e. The summed E-state index contributed by atoms with van der Waals surface area (Å²) in [5, 5.41) is 12.5. The second-order valence-electron chi connectivity index (χ2n) is 8.43. The molecule has 10 nitrogen and oxygen atoms in total. The van der Waals surface area contributed by atoms with Crippen molar-refractivity contribution in [1.82, 2.24) is 24.5 Å². The van der Waals surface area contributed by atoms with E-state index >= 15 is 0 Å². The first kappa shape index (κ1) is 23.2. The van der Waals surface area contributed by atoms with E-state index in [9.17, 15) is 4.79 Å². The molecular formula is C26H26N6O4. The minimum absolute atomic E-state index is 0.0667. The molecule has 5 aromatic rings. The third-order valence-corrected chi connectivity index (χ3v) is 5.84. The number of nitrogens with one attached hydrogen (secondary N) is 1. The fraction of sp³-hybridized carbons (Fsp3) is 0.231. The lowest BCUT2D eigenvalue weighted by Gasteiger charge is -2.14. The molecule has 0 atom stereocenters. The van der Waals surface area contributed by atoms with Crippen molar-refractivity contribution in [3.8, 4) is 23.0 Å². The second-order valence-corrected chi connectivity index (χ2v) is 8.43.